The van der Waals surface area contributed by atoms with E-state index in [-0.39, 0.29) is 5.91 Å². The third kappa shape index (κ3) is 4.22. The topological polar surface area (TPSA) is 45.2 Å². The molecule has 17 heavy (non-hydrogen) atoms. The number of hydrogen-bond acceptors (Lipinski definition) is 5. The highest BCUT2D eigenvalue weighted by Crippen LogP contribution is 2.15. The Morgan fingerprint density at radius 3 is 2.76 bits per heavy atom. The predicted molar refractivity (Wildman–Crippen MR) is 72.8 cm³/mol. The highest BCUT2D eigenvalue weighted by molar-refractivity contribution is 8.00. The van der Waals surface area contributed by atoms with Crippen molar-refractivity contribution in [3.8, 4) is 0 Å². The molecule has 0 bridgehead atoms. The van der Waals surface area contributed by atoms with Crippen LogP contribution in [0.3, 0.4) is 0 Å². The number of carbonyl (C=O) groups is 1. The second-order valence-corrected chi connectivity index (χ2v) is 5.80. The lowest BCUT2D eigenvalue weighted by Crippen LogP contribution is -2.42. The zero-order valence-corrected chi connectivity index (χ0v) is 11.1. The summed E-state index contributed by atoms with van der Waals surface area (Å²) < 4.78 is 0. The third-order valence-corrected chi connectivity index (χ3v) is 4.40. The van der Waals surface area contributed by atoms with Crippen molar-refractivity contribution in [2.45, 2.75) is 6.42 Å². The quantitative estimate of drug-likeness (QED) is 0.887. The fraction of sp³-hybridized carbons (Fsp3) is 0.455. The summed E-state index contributed by atoms with van der Waals surface area (Å²) in [5, 5.41) is 1.96. The summed E-state index contributed by atoms with van der Waals surface area (Å²) in [6.45, 7) is 0. The summed E-state index contributed by atoms with van der Waals surface area (Å²) in [4.78, 5) is 15.8. The Morgan fingerprint density at radius 1 is 1.35 bits per heavy atom. The van der Waals surface area contributed by atoms with Crippen molar-refractivity contribution >= 4 is 29.4 Å². The van der Waals surface area contributed by atoms with E-state index < -0.39 is 0 Å². The van der Waals surface area contributed by atoms with Crippen molar-refractivity contribution in [1.82, 2.24) is 15.4 Å². The van der Waals surface area contributed by atoms with Crippen molar-refractivity contribution in [3.05, 3.63) is 30.1 Å². The van der Waals surface area contributed by atoms with E-state index in [1.54, 1.807) is 24.5 Å². The minimum atomic E-state index is -0.0835. The first-order chi connectivity index (χ1) is 8.36. The number of nitrogens with one attached hydrogen (secondary N) is 1. The number of hydrazine groups is 1. The van der Waals surface area contributed by atoms with Gasteiger partial charge in [-0.05, 0) is 30.1 Å². The van der Waals surface area contributed by atoms with Crippen LogP contribution in [0.4, 0.5) is 0 Å². The van der Waals surface area contributed by atoms with E-state index >= 15 is 0 Å². The minimum Gasteiger partial charge on any atom is -0.283 e. The number of rotatable bonds is 2. The fourth-order valence-electron chi connectivity index (χ4n) is 1.42. The number of carbonyl (C=O) groups excluding carboxylic acids is 1. The van der Waals surface area contributed by atoms with E-state index in [9.17, 15) is 4.79 Å². The molecule has 1 aliphatic heterocycles. The monoisotopic (exact) mass is 269 g/mol. The molecule has 1 amide bonds. The lowest BCUT2D eigenvalue weighted by Gasteiger charge is -2.24. The van der Waals surface area contributed by atoms with Crippen molar-refractivity contribution in [2.24, 2.45) is 0 Å². The van der Waals surface area contributed by atoms with Crippen molar-refractivity contribution < 1.29 is 4.79 Å². The lowest BCUT2D eigenvalue weighted by atomic mass is 10.3. The molecule has 1 aromatic heterocycles. The van der Waals surface area contributed by atoms with Gasteiger partial charge in [-0.2, -0.15) is 0 Å². The molecule has 0 saturated carbocycles. The van der Waals surface area contributed by atoms with Gasteiger partial charge >= 0.3 is 0 Å². The lowest BCUT2D eigenvalue weighted by molar-refractivity contribution is 0.0843. The minimum absolute atomic E-state index is 0.0835. The smallest absolute Gasteiger partial charge is 0.267 e. The van der Waals surface area contributed by atoms with E-state index in [4.69, 9.17) is 0 Å². The van der Waals surface area contributed by atoms with Gasteiger partial charge in [-0.25, -0.2) is 5.01 Å². The predicted octanol–water partition coefficient (Wildman–Crippen LogP) is 1.81. The standard InChI is InChI=1S/C11H15N3OS2/c15-11(10-3-1-4-12-7-10)13-14-8-16-5-2-6-17-9-14/h1,3-4,7H,2,5-6,8-9H2,(H,13,15). The van der Waals surface area contributed by atoms with Gasteiger partial charge in [-0.15, -0.1) is 23.5 Å². The van der Waals surface area contributed by atoms with Crippen LogP contribution in [0.15, 0.2) is 24.5 Å². The van der Waals surface area contributed by atoms with Gasteiger partial charge < -0.3 is 0 Å². The average Bonchev–Trinajstić information content (AvgIpc) is 2.33. The molecular weight excluding hydrogens is 254 g/mol. The molecule has 0 aliphatic carbocycles. The van der Waals surface area contributed by atoms with Crippen LogP contribution in [-0.4, -0.2) is 39.2 Å². The molecule has 92 valence electrons. The molecule has 0 unspecified atom stereocenters. The van der Waals surface area contributed by atoms with Gasteiger partial charge in [-0.3, -0.25) is 15.2 Å². The van der Waals surface area contributed by atoms with E-state index in [2.05, 4.69) is 10.4 Å². The van der Waals surface area contributed by atoms with E-state index in [1.165, 1.54) is 6.42 Å². The first kappa shape index (κ1) is 12.7. The molecule has 4 nitrogen and oxygen atoms in total. The Labute approximate surface area is 110 Å². The Morgan fingerprint density at radius 2 is 2.12 bits per heavy atom. The Bertz CT molecular complexity index is 353. The Balaban J connectivity index is 1.88. The van der Waals surface area contributed by atoms with Gasteiger partial charge in [0, 0.05) is 12.4 Å². The molecule has 1 saturated heterocycles. The first-order valence-corrected chi connectivity index (χ1v) is 7.78. The molecule has 0 aromatic carbocycles. The van der Waals surface area contributed by atoms with Crippen LogP contribution in [0.1, 0.15) is 16.8 Å². The number of hydrogen-bond donors (Lipinski definition) is 1. The van der Waals surface area contributed by atoms with Gasteiger partial charge in [0.1, 0.15) is 0 Å². The maximum Gasteiger partial charge on any atom is 0.267 e. The van der Waals surface area contributed by atoms with E-state index in [0.29, 0.717) is 5.56 Å². The molecule has 1 aliphatic rings. The largest absolute Gasteiger partial charge is 0.283 e. The molecule has 2 heterocycles. The van der Waals surface area contributed by atoms with Gasteiger partial charge in [0.15, 0.2) is 0 Å². The number of thioether (sulfide) groups is 2. The number of aromatic nitrogens is 1. The first-order valence-electron chi connectivity index (χ1n) is 5.48. The highest BCUT2D eigenvalue weighted by Gasteiger charge is 2.12. The summed E-state index contributed by atoms with van der Waals surface area (Å²) in [5.41, 5.74) is 3.52. The normalized spacial score (nSPS) is 18.1. The van der Waals surface area contributed by atoms with Crippen LogP contribution >= 0.6 is 23.5 Å². The third-order valence-electron chi connectivity index (χ3n) is 2.25. The molecule has 0 radical (unpaired) electrons. The molecule has 1 aromatic rings. The summed E-state index contributed by atoms with van der Waals surface area (Å²) in [6.07, 6.45) is 4.50. The zero-order valence-electron chi connectivity index (χ0n) is 9.46. The van der Waals surface area contributed by atoms with Gasteiger partial charge in [-0.1, -0.05) is 0 Å². The average molecular weight is 269 g/mol. The molecule has 1 fully saturated rings. The maximum atomic E-state index is 11.9. The van der Waals surface area contributed by atoms with Crippen LogP contribution < -0.4 is 5.43 Å². The van der Waals surface area contributed by atoms with E-state index in [1.807, 2.05) is 28.5 Å². The molecule has 2 rings (SSSR count). The summed E-state index contributed by atoms with van der Waals surface area (Å²) in [5.74, 6) is 3.93. The maximum absolute atomic E-state index is 11.9. The molecule has 0 atom stereocenters. The second kappa shape index (κ2) is 6.88. The van der Waals surface area contributed by atoms with Crippen molar-refractivity contribution in [3.63, 3.8) is 0 Å². The van der Waals surface area contributed by atoms with Gasteiger partial charge in [0.25, 0.3) is 5.91 Å². The van der Waals surface area contributed by atoms with E-state index in [0.717, 1.165) is 23.3 Å². The van der Waals surface area contributed by atoms with Gasteiger partial charge in [0.05, 0.1) is 17.3 Å². The number of nitrogens with zero attached hydrogens (tertiary/aromatic N) is 2. The van der Waals surface area contributed by atoms with Gasteiger partial charge in [0.2, 0.25) is 0 Å². The van der Waals surface area contributed by atoms with Crippen molar-refractivity contribution in [1.29, 1.82) is 0 Å². The summed E-state index contributed by atoms with van der Waals surface area (Å²) in [7, 11) is 0. The Hall–Kier alpha value is -0.720. The fourth-order valence-corrected chi connectivity index (χ4v) is 3.43. The van der Waals surface area contributed by atoms with Crippen molar-refractivity contribution in [2.75, 3.05) is 23.3 Å². The van der Waals surface area contributed by atoms with Crippen LogP contribution in [-0.2, 0) is 0 Å². The zero-order chi connectivity index (χ0) is 11.9. The SMILES string of the molecule is O=C(NN1CSCCCSC1)c1cccnc1. The number of pyridine rings is 1. The molecule has 6 heteroatoms. The van der Waals surface area contributed by atoms with Crippen LogP contribution in [0, 0.1) is 0 Å². The van der Waals surface area contributed by atoms with Crippen LogP contribution in [0.5, 0.6) is 0 Å². The highest BCUT2D eigenvalue weighted by atomic mass is 32.2. The summed E-state index contributed by atoms with van der Waals surface area (Å²) in [6, 6.07) is 3.54. The van der Waals surface area contributed by atoms with Crippen LogP contribution in [0.25, 0.3) is 0 Å². The molecular formula is C11H15N3OS2. The number of amides is 1. The molecule has 0 spiro atoms. The molecule has 1 N–H and O–H groups in total. The second-order valence-electron chi connectivity index (χ2n) is 3.65. The Kier molecular flexibility index (Phi) is 5.15. The summed E-state index contributed by atoms with van der Waals surface area (Å²) >= 11 is 3.71. The van der Waals surface area contributed by atoms with Crippen LogP contribution in [0.2, 0.25) is 0 Å².